The molecule has 4 rings (SSSR count). The quantitative estimate of drug-likeness (QED) is 0.549. The van der Waals surface area contributed by atoms with Crippen LogP contribution in [-0.2, 0) is 0 Å². The molecule has 96 valence electrons. The first kappa shape index (κ1) is 10.9. The Bertz CT molecular complexity index is 282. The van der Waals surface area contributed by atoms with Crippen molar-refractivity contribution >= 4 is 0 Å². The largest absolute Gasteiger partial charge is 0.0530 e. The predicted octanol–water partition coefficient (Wildman–Crippen LogP) is 5.03. The lowest BCUT2D eigenvalue weighted by Crippen LogP contribution is -2.43. The first-order valence-corrected chi connectivity index (χ1v) is 8.43. The zero-order valence-electron chi connectivity index (χ0n) is 11.2. The summed E-state index contributed by atoms with van der Waals surface area (Å²) in [5.41, 5.74) is 0. The minimum atomic E-state index is 1.16. The standard InChI is InChI=1S/C17H28/c1-2-6-14-12(4-1)8-10-17-15-7-3-5-13(15)9-11-16(14)17/h12-17H,1-11H2/t12?,13-,14+,15-,16-,17+/m1/s1. The van der Waals surface area contributed by atoms with Gasteiger partial charge >= 0.3 is 0 Å². The second-order valence-electron chi connectivity index (χ2n) is 7.55. The maximum atomic E-state index is 1.62. The summed E-state index contributed by atoms with van der Waals surface area (Å²) in [5.74, 6) is 7.02. The van der Waals surface area contributed by atoms with Gasteiger partial charge in [0.1, 0.15) is 0 Å². The smallest absolute Gasteiger partial charge is 0.0352 e. The van der Waals surface area contributed by atoms with Crippen LogP contribution in [0.15, 0.2) is 0 Å². The Morgan fingerprint density at radius 2 is 0.882 bits per heavy atom. The Kier molecular flexibility index (Phi) is 2.74. The molecule has 0 spiro atoms. The summed E-state index contributed by atoms with van der Waals surface area (Å²) in [4.78, 5) is 0. The fraction of sp³-hybridized carbons (Fsp3) is 1.00. The lowest BCUT2D eigenvalue weighted by Gasteiger charge is -2.51. The van der Waals surface area contributed by atoms with Gasteiger partial charge in [0.25, 0.3) is 0 Å². The SMILES string of the molecule is C1CC[C@H]2C(C1)CC[C@H]1[C@@H]3CCC[C@@H]3CC[C@@H]12. The molecule has 0 radical (unpaired) electrons. The summed E-state index contributed by atoms with van der Waals surface area (Å²) in [5, 5.41) is 0. The van der Waals surface area contributed by atoms with Crippen LogP contribution in [-0.4, -0.2) is 0 Å². The first-order chi connectivity index (χ1) is 8.43. The molecular weight excluding hydrogens is 204 g/mol. The van der Waals surface area contributed by atoms with Crippen molar-refractivity contribution in [3.63, 3.8) is 0 Å². The first-order valence-electron chi connectivity index (χ1n) is 8.43. The van der Waals surface area contributed by atoms with E-state index in [4.69, 9.17) is 0 Å². The minimum absolute atomic E-state index is 1.16. The molecule has 0 aromatic carbocycles. The Hall–Kier alpha value is 0. The summed E-state index contributed by atoms with van der Waals surface area (Å²) in [6.45, 7) is 0. The van der Waals surface area contributed by atoms with Crippen molar-refractivity contribution in [3.05, 3.63) is 0 Å². The van der Waals surface area contributed by atoms with E-state index in [-0.39, 0.29) is 0 Å². The molecule has 0 aromatic rings. The van der Waals surface area contributed by atoms with E-state index >= 15 is 0 Å². The lowest BCUT2D eigenvalue weighted by molar-refractivity contribution is -0.0184. The van der Waals surface area contributed by atoms with Crippen molar-refractivity contribution in [2.75, 3.05) is 0 Å². The summed E-state index contributed by atoms with van der Waals surface area (Å²) in [6, 6.07) is 0. The maximum Gasteiger partial charge on any atom is -0.0352 e. The molecule has 0 N–H and O–H groups in total. The van der Waals surface area contributed by atoms with Crippen LogP contribution in [0.2, 0.25) is 0 Å². The Morgan fingerprint density at radius 3 is 1.59 bits per heavy atom. The van der Waals surface area contributed by atoms with Gasteiger partial charge in [-0.05, 0) is 74.0 Å². The highest BCUT2D eigenvalue weighted by atomic mass is 14.5. The van der Waals surface area contributed by atoms with Crippen LogP contribution < -0.4 is 0 Å². The number of hydrogen-bond donors (Lipinski definition) is 0. The fourth-order valence-corrected chi connectivity index (χ4v) is 6.45. The van der Waals surface area contributed by atoms with Gasteiger partial charge in [-0.3, -0.25) is 0 Å². The van der Waals surface area contributed by atoms with Crippen LogP contribution in [0, 0.1) is 35.5 Å². The van der Waals surface area contributed by atoms with Gasteiger partial charge in [0, 0.05) is 0 Å². The van der Waals surface area contributed by atoms with Crippen LogP contribution in [0.4, 0.5) is 0 Å². The third-order valence-corrected chi connectivity index (χ3v) is 7.08. The van der Waals surface area contributed by atoms with Crippen molar-refractivity contribution < 1.29 is 0 Å². The zero-order valence-corrected chi connectivity index (χ0v) is 11.2. The predicted molar refractivity (Wildman–Crippen MR) is 71.7 cm³/mol. The Balaban J connectivity index is 1.56. The van der Waals surface area contributed by atoms with Gasteiger partial charge in [-0.25, -0.2) is 0 Å². The van der Waals surface area contributed by atoms with Crippen molar-refractivity contribution in [1.82, 2.24) is 0 Å². The molecule has 0 heterocycles. The van der Waals surface area contributed by atoms with E-state index in [1.807, 2.05) is 0 Å². The van der Waals surface area contributed by atoms with Crippen LogP contribution in [0.1, 0.15) is 70.6 Å². The monoisotopic (exact) mass is 232 g/mol. The maximum absolute atomic E-state index is 1.62. The van der Waals surface area contributed by atoms with Gasteiger partial charge in [-0.2, -0.15) is 0 Å². The van der Waals surface area contributed by atoms with Gasteiger partial charge < -0.3 is 0 Å². The summed E-state index contributed by atoms with van der Waals surface area (Å²) in [6.07, 6.45) is 17.5. The van der Waals surface area contributed by atoms with Crippen molar-refractivity contribution in [2.24, 2.45) is 35.5 Å². The molecule has 4 fully saturated rings. The Labute approximate surface area is 107 Å². The molecule has 0 aliphatic heterocycles. The van der Waals surface area contributed by atoms with E-state index in [9.17, 15) is 0 Å². The second-order valence-corrected chi connectivity index (χ2v) is 7.55. The molecule has 4 saturated carbocycles. The summed E-state index contributed by atoms with van der Waals surface area (Å²) in [7, 11) is 0. The van der Waals surface area contributed by atoms with Gasteiger partial charge in [0.2, 0.25) is 0 Å². The van der Waals surface area contributed by atoms with Gasteiger partial charge in [0.05, 0.1) is 0 Å². The third kappa shape index (κ3) is 1.70. The van der Waals surface area contributed by atoms with Crippen molar-refractivity contribution in [1.29, 1.82) is 0 Å². The molecule has 0 amide bonds. The average Bonchev–Trinajstić information content (AvgIpc) is 2.86. The molecule has 4 aliphatic rings. The Morgan fingerprint density at radius 1 is 0.353 bits per heavy atom. The molecular formula is C17H28. The van der Waals surface area contributed by atoms with E-state index < -0.39 is 0 Å². The summed E-state index contributed by atoms with van der Waals surface area (Å²) >= 11 is 0. The van der Waals surface area contributed by atoms with E-state index in [2.05, 4.69) is 0 Å². The van der Waals surface area contributed by atoms with Gasteiger partial charge in [-0.1, -0.05) is 32.1 Å². The highest BCUT2D eigenvalue weighted by Gasteiger charge is 2.48. The topological polar surface area (TPSA) is 0 Å². The van der Waals surface area contributed by atoms with Crippen molar-refractivity contribution in [3.8, 4) is 0 Å². The molecule has 0 aromatic heterocycles. The van der Waals surface area contributed by atoms with Crippen LogP contribution in [0.25, 0.3) is 0 Å². The van der Waals surface area contributed by atoms with Crippen molar-refractivity contribution in [2.45, 2.75) is 70.6 Å². The van der Waals surface area contributed by atoms with Crippen LogP contribution >= 0.6 is 0 Å². The summed E-state index contributed by atoms with van der Waals surface area (Å²) < 4.78 is 0. The molecule has 0 heteroatoms. The van der Waals surface area contributed by atoms with E-state index in [0.29, 0.717) is 0 Å². The van der Waals surface area contributed by atoms with E-state index in [1.54, 1.807) is 70.6 Å². The molecule has 6 atom stereocenters. The van der Waals surface area contributed by atoms with E-state index in [1.165, 1.54) is 23.7 Å². The second kappa shape index (κ2) is 4.28. The molecule has 0 nitrogen and oxygen atoms in total. The van der Waals surface area contributed by atoms with Gasteiger partial charge in [-0.15, -0.1) is 0 Å². The normalized spacial score (nSPS) is 53.6. The van der Waals surface area contributed by atoms with E-state index in [0.717, 1.165) is 11.8 Å². The average molecular weight is 232 g/mol. The molecule has 0 bridgehead atoms. The third-order valence-electron chi connectivity index (χ3n) is 7.08. The minimum Gasteiger partial charge on any atom is -0.0530 e. The number of fused-ring (bicyclic) bond motifs is 5. The lowest BCUT2D eigenvalue weighted by atomic mass is 9.54. The van der Waals surface area contributed by atoms with Crippen LogP contribution in [0.3, 0.4) is 0 Å². The van der Waals surface area contributed by atoms with Crippen LogP contribution in [0.5, 0.6) is 0 Å². The highest BCUT2D eigenvalue weighted by Crippen LogP contribution is 2.57. The fourth-order valence-electron chi connectivity index (χ4n) is 6.45. The van der Waals surface area contributed by atoms with Gasteiger partial charge in [0.15, 0.2) is 0 Å². The zero-order chi connectivity index (χ0) is 11.2. The number of hydrogen-bond acceptors (Lipinski definition) is 0. The molecule has 1 unspecified atom stereocenters. The molecule has 0 saturated heterocycles. The number of rotatable bonds is 0. The molecule has 4 aliphatic carbocycles. The highest BCUT2D eigenvalue weighted by molar-refractivity contribution is 4.98. The molecule has 17 heavy (non-hydrogen) atoms.